The summed E-state index contributed by atoms with van der Waals surface area (Å²) in [6.45, 7) is 4.91. The van der Waals surface area contributed by atoms with Gasteiger partial charge >= 0.3 is 0 Å². The van der Waals surface area contributed by atoms with Crippen LogP contribution in [0.4, 0.5) is 5.69 Å². The van der Waals surface area contributed by atoms with E-state index in [9.17, 15) is 4.79 Å². The van der Waals surface area contributed by atoms with Crippen molar-refractivity contribution in [1.29, 1.82) is 0 Å². The average molecular weight is 493 g/mol. The number of anilines is 1. The van der Waals surface area contributed by atoms with Crippen LogP contribution in [0.2, 0.25) is 0 Å². The molecule has 172 valence electrons. The predicted octanol–water partition coefficient (Wildman–Crippen LogP) is 3.04. The van der Waals surface area contributed by atoms with Gasteiger partial charge in [0, 0.05) is 12.1 Å². The number of nitrogens with one attached hydrogen (secondary N) is 1. The van der Waals surface area contributed by atoms with Crippen molar-refractivity contribution >= 4 is 46.1 Å². The second-order valence-corrected chi connectivity index (χ2v) is 8.85. The summed E-state index contributed by atoms with van der Waals surface area (Å²) in [6.07, 6.45) is 0. The van der Waals surface area contributed by atoms with E-state index in [2.05, 4.69) is 39.7 Å². The van der Waals surface area contributed by atoms with E-state index in [-0.39, 0.29) is 11.7 Å². The highest BCUT2D eigenvalue weighted by atomic mass is 32.2. The van der Waals surface area contributed by atoms with Crippen LogP contribution in [0.25, 0.3) is 22.4 Å². The monoisotopic (exact) mass is 492 g/mol. The van der Waals surface area contributed by atoms with E-state index < -0.39 is 0 Å². The van der Waals surface area contributed by atoms with Gasteiger partial charge in [-0.25, -0.2) is 0 Å². The van der Waals surface area contributed by atoms with Crippen molar-refractivity contribution in [2.24, 2.45) is 0 Å². The second-order valence-electron chi connectivity index (χ2n) is 7.38. The SMILES string of the molecule is CCn1c(Cn2nnc(-c3ccccc3)n2)nnc1SCC(=O)Nc1c(C)ccc2nsnc12. The standard InChI is InChI=1S/C21H20N10OS2/c1-3-30-16(11-31-26-20(24-29-31)14-7-5-4-6-8-14)23-25-21(30)33-12-17(32)22-18-13(2)9-10-15-19(18)28-34-27-15/h4-10H,3,11-12H2,1-2H3,(H,22,32). The Hall–Kier alpha value is -3.71. The van der Waals surface area contributed by atoms with Gasteiger partial charge in [0.25, 0.3) is 0 Å². The predicted molar refractivity (Wildman–Crippen MR) is 130 cm³/mol. The van der Waals surface area contributed by atoms with Gasteiger partial charge in [0.2, 0.25) is 11.7 Å². The molecule has 0 aliphatic heterocycles. The van der Waals surface area contributed by atoms with Gasteiger partial charge in [-0.05, 0) is 30.7 Å². The molecule has 0 fully saturated rings. The van der Waals surface area contributed by atoms with E-state index in [4.69, 9.17) is 0 Å². The second kappa shape index (κ2) is 9.65. The van der Waals surface area contributed by atoms with Gasteiger partial charge < -0.3 is 9.88 Å². The first-order valence-corrected chi connectivity index (χ1v) is 12.2. The average Bonchev–Trinajstić information content (AvgIpc) is 3.60. The summed E-state index contributed by atoms with van der Waals surface area (Å²) >= 11 is 2.45. The third kappa shape index (κ3) is 4.52. The van der Waals surface area contributed by atoms with Crippen molar-refractivity contribution in [3.8, 4) is 11.4 Å². The molecule has 1 amide bonds. The third-order valence-electron chi connectivity index (χ3n) is 5.11. The molecule has 0 radical (unpaired) electrons. The minimum absolute atomic E-state index is 0.147. The van der Waals surface area contributed by atoms with Crippen LogP contribution in [0, 0.1) is 6.92 Å². The number of thioether (sulfide) groups is 1. The van der Waals surface area contributed by atoms with Gasteiger partial charge in [-0.1, -0.05) is 48.2 Å². The van der Waals surface area contributed by atoms with E-state index in [1.54, 1.807) is 0 Å². The smallest absolute Gasteiger partial charge is 0.234 e. The van der Waals surface area contributed by atoms with Gasteiger partial charge in [0.15, 0.2) is 11.0 Å². The Morgan fingerprint density at radius 3 is 2.76 bits per heavy atom. The van der Waals surface area contributed by atoms with Crippen LogP contribution in [0.1, 0.15) is 18.3 Å². The summed E-state index contributed by atoms with van der Waals surface area (Å²) < 4.78 is 10.5. The van der Waals surface area contributed by atoms with E-state index >= 15 is 0 Å². The molecule has 2 aromatic carbocycles. The number of benzene rings is 2. The van der Waals surface area contributed by atoms with Crippen molar-refractivity contribution < 1.29 is 4.79 Å². The molecular weight excluding hydrogens is 472 g/mol. The zero-order valence-corrected chi connectivity index (χ0v) is 20.0. The Balaban J connectivity index is 1.25. The van der Waals surface area contributed by atoms with Crippen LogP contribution in [0.15, 0.2) is 47.6 Å². The molecule has 5 rings (SSSR count). The number of fused-ring (bicyclic) bond motifs is 1. The van der Waals surface area contributed by atoms with Gasteiger partial charge in [0.05, 0.1) is 23.2 Å². The van der Waals surface area contributed by atoms with Gasteiger partial charge in [-0.3, -0.25) is 4.79 Å². The number of aryl methyl sites for hydroxylation is 1. The van der Waals surface area contributed by atoms with E-state index in [1.807, 2.05) is 60.9 Å². The van der Waals surface area contributed by atoms with E-state index in [0.29, 0.717) is 41.1 Å². The molecule has 0 unspecified atom stereocenters. The molecule has 0 bridgehead atoms. The number of hydrogen-bond acceptors (Lipinski definition) is 10. The third-order valence-corrected chi connectivity index (χ3v) is 6.62. The van der Waals surface area contributed by atoms with Crippen LogP contribution in [-0.4, -0.2) is 55.4 Å². The first kappa shape index (κ1) is 22.1. The Morgan fingerprint density at radius 1 is 1.09 bits per heavy atom. The lowest BCUT2D eigenvalue weighted by atomic mass is 10.1. The molecule has 3 heterocycles. The lowest BCUT2D eigenvalue weighted by Gasteiger charge is -2.09. The highest BCUT2D eigenvalue weighted by molar-refractivity contribution is 7.99. The molecule has 0 atom stereocenters. The first-order valence-electron chi connectivity index (χ1n) is 10.5. The number of tetrazole rings is 1. The molecule has 13 heteroatoms. The largest absolute Gasteiger partial charge is 0.323 e. The number of hydrogen-bond donors (Lipinski definition) is 1. The quantitative estimate of drug-likeness (QED) is 0.325. The Bertz CT molecular complexity index is 1440. The maximum Gasteiger partial charge on any atom is 0.234 e. The maximum atomic E-state index is 12.7. The summed E-state index contributed by atoms with van der Waals surface area (Å²) in [5.74, 6) is 1.28. The zero-order chi connectivity index (χ0) is 23.5. The Labute approximate surface area is 202 Å². The fourth-order valence-corrected chi connectivity index (χ4v) is 4.78. The van der Waals surface area contributed by atoms with Crippen molar-refractivity contribution in [1.82, 2.24) is 43.7 Å². The summed E-state index contributed by atoms with van der Waals surface area (Å²) in [4.78, 5) is 14.2. The number of rotatable bonds is 8. The number of nitrogens with zero attached hydrogens (tertiary/aromatic N) is 9. The molecule has 3 aromatic heterocycles. The number of amides is 1. The molecule has 34 heavy (non-hydrogen) atoms. The molecule has 11 nitrogen and oxygen atoms in total. The Morgan fingerprint density at radius 2 is 1.94 bits per heavy atom. The number of carbonyl (C=O) groups excluding carboxylic acids is 1. The summed E-state index contributed by atoms with van der Waals surface area (Å²) in [7, 11) is 0. The zero-order valence-electron chi connectivity index (χ0n) is 18.4. The molecule has 0 saturated carbocycles. The fourth-order valence-electron chi connectivity index (χ4n) is 3.42. The molecule has 5 aromatic rings. The normalized spacial score (nSPS) is 11.2. The van der Waals surface area contributed by atoms with Crippen LogP contribution >= 0.6 is 23.5 Å². The summed E-state index contributed by atoms with van der Waals surface area (Å²) in [5, 5.41) is 24.9. The van der Waals surface area contributed by atoms with E-state index in [1.165, 1.54) is 16.6 Å². The van der Waals surface area contributed by atoms with Gasteiger partial charge in [-0.15, -0.1) is 20.4 Å². The van der Waals surface area contributed by atoms with Crippen molar-refractivity contribution in [2.45, 2.75) is 32.1 Å². The molecule has 0 aliphatic carbocycles. The van der Waals surface area contributed by atoms with Crippen molar-refractivity contribution in [3.05, 3.63) is 53.9 Å². The highest BCUT2D eigenvalue weighted by Crippen LogP contribution is 2.26. The number of carbonyl (C=O) groups is 1. The minimum atomic E-state index is -0.147. The van der Waals surface area contributed by atoms with Crippen LogP contribution in [0.5, 0.6) is 0 Å². The fraction of sp³-hybridized carbons (Fsp3) is 0.238. The van der Waals surface area contributed by atoms with Gasteiger partial charge in [-0.2, -0.15) is 13.5 Å². The maximum absolute atomic E-state index is 12.7. The lowest BCUT2D eigenvalue weighted by molar-refractivity contribution is -0.113. The summed E-state index contributed by atoms with van der Waals surface area (Å²) in [6, 6.07) is 13.5. The highest BCUT2D eigenvalue weighted by Gasteiger charge is 2.17. The molecule has 0 spiro atoms. The number of aromatic nitrogens is 9. The summed E-state index contributed by atoms with van der Waals surface area (Å²) in [5.41, 5.74) is 4.00. The van der Waals surface area contributed by atoms with Crippen molar-refractivity contribution in [2.75, 3.05) is 11.1 Å². The Kier molecular flexibility index (Phi) is 6.27. The first-order chi connectivity index (χ1) is 16.6. The van der Waals surface area contributed by atoms with Crippen molar-refractivity contribution in [3.63, 3.8) is 0 Å². The molecule has 0 saturated heterocycles. The molecule has 1 N–H and O–H groups in total. The molecule has 0 aliphatic rings. The topological polar surface area (TPSA) is 129 Å². The van der Waals surface area contributed by atoms with Crippen LogP contribution in [0.3, 0.4) is 0 Å². The van der Waals surface area contributed by atoms with Crippen LogP contribution < -0.4 is 5.32 Å². The lowest BCUT2D eigenvalue weighted by Crippen LogP contribution is -2.16. The van der Waals surface area contributed by atoms with Gasteiger partial charge in [0.1, 0.15) is 17.6 Å². The minimum Gasteiger partial charge on any atom is -0.323 e. The van der Waals surface area contributed by atoms with Crippen LogP contribution in [-0.2, 0) is 17.9 Å². The molecular formula is C21H20N10OS2. The van der Waals surface area contributed by atoms with E-state index in [0.717, 1.165) is 28.4 Å².